The summed E-state index contributed by atoms with van der Waals surface area (Å²) in [5, 5.41) is 2.50. The number of rotatable bonds is 0. The van der Waals surface area contributed by atoms with Crippen LogP contribution in [0.3, 0.4) is 0 Å². The van der Waals surface area contributed by atoms with Crippen molar-refractivity contribution in [1.82, 2.24) is 4.98 Å². The van der Waals surface area contributed by atoms with Crippen molar-refractivity contribution in [3.63, 3.8) is 0 Å². The topological polar surface area (TPSA) is 41.8 Å². The largest absolute Gasteiger partial charge is 0.399 e. The first-order valence-electron chi connectivity index (χ1n) is 5.01. The molecule has 2 aromatic carbocycles. The molecule has 74 valence electrons. The van der Waals surface area contributed by atoms with E-state index in [2.05, 4.69) is 36.2 Å². The van der Waals surface area contributed by atoms with E-state index in [0.29, 0.717) is 0 Å². The number of hydrogen-bond acceptors (Lipinski definition) is 1. The van der Waals surface area contributed by atoms with E-state index in [1.165, 1.54) is 21.9 Å². The molecule has 0 aliphatic heterocycles. The summed E-state index contributed by atoms with van der Waals surface area (Å²) >= 11 is 0. The zero-order chi connectivity index (χ0) is 10.4. The molecule has 0 fully saturated rings. The maximum Gasteiger partial charge on any atom is 0.0485 e. The average molecular weight is 196 g/mol. The molecule has 0 atom stereocenters. The van der Waals surface area contributed by atoms with Gasteiger partial charge in [-0.15, -0.1) is 0 Å². The average Bonchev–Trinajstić information content (AvgIpc) is 2.53. The lowest BCUT2D eigenvalue weighted by Gasteiger charge is -1.93. The van der Waals surface area contributed by atoms with Crippen molar-refractivity contribution in [3.05, 3.63) is 42.0 Å². The SMILES string of the molecule is Cc1ccc2c(c1)[nH]c1cc(N)ccc12. The van der Waals surface area contributed by atoms with Crippen LogP contribution in [0.2, 0.25) is 0 Å². The van der Waals surface area contributed by atoms with Crippen molar-refractivity contribution in [2.75, 3.05) is 5.73 Å². The van der Waals surface area contributed by atoms with E-state index in [9.17, 15) is 0 Å². The molecule has 0 unspecified atom stereocenters. The number of fused-ring (bicyclic) bond motifs is 3. The summed E-state index contributed by atoms with van der Waals surface area (Å²) in [6, 6.07) is 12.4. The van der Waals surface area contributed by atoms with Gasteiger partial charge in [-0.1, -0.05) is 18.2 Å². The van der Waals surface area contributed by atoms with Crippen LogP contribution >= 0.6 is 0 Å². The second-order valence-electron chi connectivity index (χ2n) is 3.98. The summed E-state index contributed by atoms with van der Waals surface area (Å²) in [5.74, 6) is 0. The number of aromatic amines is 1. The molecule has 0 amide bonds. The van der Waals surface area contributed by atoms with Gasteiger partial charge in [-0.05, 0) is 30.7 Å². The van der Waals surface area contributed by atoms with Crippen molar-refractivity contribution in [3.8, 4) is 0 Å². The Balaban J connectivity index is 2.51. The standard InChI is InChI=1S/C13H12N2/c1-8-2-4-10-11-5-3-9(14)7-13(11)15-12(10)6-8/h2-7,15H,14H2,1H3. The van der Waals surface area contributed by atoms with Gasteiger partial charge in [0, 0.05) is 27.5 Å². The van der Waals surface area contributed by atoms with Gasteiger partial charge in [-0.25, -0.2) is 0 Å². The maximum atomic E-state index is 5.76. The highest BCUT2D eigenvalue weighted by molar-refractivity contribution is 6.08. The van der Waals surface area contributed by atoms with Crippen molar-refractivity contribution in [1.29, 1.82) is 0 Å². The Bertz CT molecular complexity index is 594. The molecular formula is C13H12N2. The number of nitrogens with two attached hydrogens (primary N) is 1. The van der Waals surface area contributed by atoms with Crippen LogP contribution in [0.5, 0.6) is 0 Å². The van der Waals surface area contributed by atoms with Crippen molar-refractivity contribution < 1.29 is 0 Å². The molecule has 3 aromatic rings. The summed E-state index contributed by atoms with van der Waals surface area (Å²) < 4.78 is 0. The van der Waals surface area contributed by atoms with Crippen molar-refractivity contribution in [2.45, 2.75) is 6.92 Å². The number of H-pyrrole nitrogens is 1. The van der Waals surface area contributed by atoms with E-state index >= 15 is 0 Å². The fourth-order valence-electron chi connectivity index (χ4n) is 2.04. The lowest BCUT2D eigenvalue weighted by molar-refractivity contribution is 1.47. The summed E-state index contributed by atoms with van der Waals surface area (Å²) in [7, 11) is 0. The quantitative estimate of drug-likeness (QED) is 0.532. The lowest BCUT2D eigenvalue weighted by Crippen LogP contribution is -1.81. The summed E-state index contributed by atoms with van der Waals surface area (Å²) in [6.45, 7) is 2.10. The highest BCUT2D eigenvalue weighted by atomic mass is 14.7. The minimum absolute atomic E-state index is 0.797. The zero-order valence-corrected chi connectivity index (χ0v) is 8.54. The van der Waals surface area contributed by atoms with Crippen LogP contribution in [0.25, 0.3) is 21.8 Å². The third kappa shape index (κ3) is 1.18. The Kier molecular flexibility index (Phi) is 1.54. The van der Waals surface area contributed by atoms with Gasteiger partial charge in [0.2, 0.25) is 0 Å². The summed E-state index contributed by atoms with van der Waals surface area (Å²) in [4.78, 5) is 3.38. The maximum absolute atomic E-state index is 5.76. The molecule has 1 aromatic heterocycles. The minimum atomic E-state index is 0.797. The highest BCUT2D eigenvalue weighted by Crippen LogP contribution is 2.27. The van der Waals surface area contributed by atoms with E-state index in [1.54, 1.807) is 0 Å². The molecular weight excluding hydrogens is 184 g/mol. The van der Waals surface area contributed by atoms with E-state index in [0.717, 1.165) is 11.2 Å². The Labute approximate surface area is 87.7 Å². The van der Waals surface area contributed by atoms with Crippen LogP contribution in [0.15, 0.2) is 36.4 Å². The number of nitrogen functional groups attached to an aromatic ring is 1. The zero-order valence-electron chi connectivity index (χ0n) is 8.54. The Morgan fingerprint density at radius 1 is 0.933 bits per heavy atom. The predicted molar refractivity (Wildman–Crippen MR) is 65.0 cm³/mol. The lowest BCUT2D eigenvalue weighted by atomic mass is 10.1. The third-order valence-electron chi connectivity index (χ3n) is 2.78. The predicted octanol–water partition coefficient (Wildman–Crippen LogP) is 3.21. The fourth-order valence-corrected chi connectivity index (χ4v) is 2.04. The van der Waals surface area contributed by atoms with Gasteiger partial charge < -0.3 is 10.7 Å². The smallest absolute Gasteiger partial charge is 0.0485 e. The summed E-state index contributed by atoms with van der Waals surface area (Å²) in [6.07, 6.45) is 0. The first kappa shape index (κ1) is 8.36. The normalized spacial score (nSPS) is 11.3. The molecule has 0 bridgehead atoms. The molecule has 1 heterocycles. The Hall–Kier alpha value is -1.96. The van der Waals surface area contributed by atoms with Gasteiger partial charge in [-0.3, -0.25) is 0 Å². The molecule has 0 saturated heterocycles. The van der Waals surface area contributed by atoms with E-state index < -0.39 is 0 Å². The molecule has 0 aliphatic carbocycles. The van der Waals surface area contributed by atoms with Gasteiger partial charge in [-0.2, -0.15) is 0 Å². The Morgan fingerprint density at radius 3 is 2.40 bits per heavy atom. The number of benzene rings is 2. The van der Waals surface area contributed by atoms with Crippen LogP contribution in [0.4, 0.5) is 5.69 Å². The Morgan fingerprint density at radius 2 is 1.60 bits per heavy atom. The minimum Gasteiger partial charge on any atom is -0.399 e. The van der Waals surface area contributed by atoms with E-state index in [4.69, 9.17) is 5.73 Å². The second kappa shape index (κ2) is 2.76. The molecule has 2 nitrogen and oxygen atoms in total. The number of anilines is 1. The molecule has 0 aliphatic rings. The van der Waals surface area contributed by atoms with Crippen molar-refractivity contribution in [2.24, 2.45) is 0 Å². The molecule has 15 heavy (non-hydrogen) atoms. The van der Waals surface area contributed by atoms with Crippen molar-refractivity contribution >= 4 is 27.5 Å². The highest BCUT2D eigenvalue weighted by Gasteiger charge is 2.03. The molecule has 0 saturated carbocycles. The molecule has 0 spiro atoms. The molecule has 0 radical (unpaired) electrons. The number of aromatic nitrogens is 1. The molecule has 2 heteroatoms. The molecule has 3 rings (SSSR count). The van der Waals surface area contributed by atoms with Gasteiger partial charge >= 0.3 is 0 Å². The van der Waals surface area contributed by atoms with E-state index in [1.807, 2.05) is 12.1 Å². The van der Waals surface area contributed by atoms with Gasteiger partial charge in [0.1, 0.15) is 0 Å². The summed E-state index contributed by atoms with van der Waals surface area (Å²) in [5.41, 5.74) is 10.1. The van der Waals surface area contributed by atoms with Crippen LogP contribution < -0.4 is 5.73 Å². The number of aryl methyl sites for hydroxylation is 1. The van der Waals surface area contributed by atoms with Gasteiger partial charge in [0.25, 0.3) is 0 Å². The molecule has 3 N–H and O–H groups in total. The first-order valence-corrected chi connectivity index (χ1v) is 5.01. The number of nitrogens with one attached hydrogen (secondary N) is 1. The van der Waals surface area contributed by atoms with Crippen LogP contribution in [0.1, 0.15) is 5.56 Å². The monoisotopic (exact) mass is 196 g/mol. The first-order chi connectivity index (χ1) is 7.24. The second-order valence-corrected chi connectivity index (χ2v) is 3.98. The van der Waals surface area contributed by atoms with Gasteiger partial charge in [0.05, 0.1) is 0 Å². The number of hydrogen-bond donors (Lipinski definition) is 2. The van der Waals surface area contributed by atoms with Gasteiger partial charge in [0.15, 0.2) is 0 Å². The van der Waals surface area contributed by atoms with Crippen LogP contribution in [-0.4, -0.2) is 4.98 Å². The fraction of sp³-hybridized carbons (Fsp3) is 0.0769. The van der Waals surface area contributed by atoms with Crippen LogP contribution in [0, 0.1) is 6.92 Å². The van der Waals surface area contributed by atoms with E-state index in [-0.39, 0.29) is 0 Å². The third-order valence-corrected chi connectivity index (χ3v) is 2.78. The van der Waals surface area contributed by atoms with Crippen LogP contribution in [-0.2, 0) is 0 Å².